The van der Waals surface area contributed by atoms with Gasteiger partial charge in [0.15, 0.2) is 5.65 Å². The molecule has 0 fully saturated rings. The Balaban J connectivity index is 1.56. The molecule has 4 aromatic rings. The van der Waals surface area contributed by atoms with Crippen molar-refractivity contribution in [3.05, 3.63) is 54.5 Å². The number of aromatic nitrogens is 4. The number of fused-ring (bicyclic) bond motifs is 3. The van der Waals surface area contributed by atoms with Crippen LogP contribution in [0.4, 0.5) is 5.95 Å². The SMILES string of the molecule is CC(/C=C/c1ccco1)=N\Nc1nnc2c(n1)[nH]c1ccccc12. The van der Waals surface area contributed by atoms with Gasteiger partial charge in [-0.2, -0.15) is 10.1 Å². The van der Waals surface area contributed by atoms with Gasteiger partial charge in [-0.3, -0.25) is 0 Å². The van der Waals surface area contributed by atoms with Crippen LogP contribution in [0, 0.1) is 0 Å². The molecular weight excluding hydrogens is 304 g/mol. The highest BCUT2D eigenvalue weighted by Gasteiger charge is 2.07. The fraction of sp³-hybridized carbons (Fsp3) is 0.0588. The number of rotatable bonds is 4. The molecule has 0 radical (unpaired) electrons. The van der Waals surface area contributed by atoms with Crippen molar-refractivity contribution < 1.29 is 4.42 Å². The van der Waals surface area contributed by atoms with Crippen LogP contribution in [-0.4, -0.2) is 25.9 Å². The zero-order valence-corrected chi connectivity index (χ0v) is 12.9. The summed E-state index contributed by atoms with van der Waals surface area (Å²) in [6.07, 6.45) is 5.29. The summed E-state index contributed by atoms with van der Waals surface area (Å²) in [6.45, 7) is 1.86. The maximum absolute atomic E-state index is 5.22. The summed E-state index contributed by atoms with van der Waals surface area (Å²) in [7, 11) is 0. The van der Waals surface area contributed by atoms with Gasteiger partial charge in [0.1, 0.15) is 11.3 Å². The highest BCUT2D eigenvalue weighted by Crippen LogP contribution is 2.21. The largest absolute Gasteiger partial charge is 0.465 e. The summed E-state index contributed by atoms with van der Waals surface area (Å²) < 4.78 is 5.22. The topological polar surface area (TPSA) is 92.0 Å². The Morgan fingerprint density at radius 3 is 3.00 bits per heavy atom. The van der Waals surface area contributed by atoms with Gasteiger partial charge >= 0.3 is 0 Å². The highest BCUT2D eigenvalue weighted by molar-refractivity contribution is 6.03. The first-order valence-electron chi connectivity index (χ1n) is 7.42. The van der Waals surface area contributed by atoms with Crippen LogP contribution in [0.15, 0.2) is 58.3 Å². The standard InChI is InChI=1S/C17H14N6O/c1-11(8-9-12-5-4-10-24-12)20-22-17-19-16-15(21-23-17)13-6-2-3-7-14(13)18-16/h2-10H,1H3,(H2,18,19,22,23)/b9-8+,20-11+. The van der Waals surface area contributed by atoms with Crippen molar-refractivity contribution in [3.8, 4) is 0 Å². The number of para-hydroxylation sites is 1. The van der Waals surface area contributed by atoms with Crippen LogP contribution >= 0.6 is 0 Å². The second-order valence-electron chi connectivity index (χ2n) is 5.22. The van der Waals surface area contributed by atoms with Gasteiger partial charge < -0.3 is 9.40 Å². The van der Waals surface area contributed by atoms with Crippen molar-refractivity contribution in [1.82, 2.24) is 20.2 Å². The van der Waals surface area contributed by atoms with Gasteiger partial charge in [0.05, 0.1) is 12.0 Å². The number of nitrogens with one attached hydrogen (secondary N) is 2. The third-order valence-corrected chi connectivity index (χ3v) is 3.49. The van der Waals surface area contributed by atoms with Gasteiger partial charge in [0.2, 0.25) is 0 Å². The van der Waals surface area contributed by atoms with Crippen LogP contribution in [0.2, 0.25) is 0 Å². The number of allylic oxidation sites excluding steroid dienone is 1. The molecular formula is C17H14N6O. The van der Waals surface area contributed by atoms with E-state index < -0.39 is 0 Å². The molecule has 0 aliphatic carbocycles. The Bertz CT molecular complexity index is 1050. The highest BCUT2D eigenvalue weighted by atomic mass is 16.3. The Kier molecular flexibility index (Phi) is 3.51. The van der Waals surface area contributed by atoms with E-state index in [-0.39, 0.29) is 0 Å². The second kappa shape index (κ2) is 5.96. The Hall–Kier alpha value is -3.48. The lowest BCUT2D eigenvalue weighted by Gasteiger charge is -1.98. The summed E-state index contributed by atoms with van der Waals surface area (Å²) in [4.78, 5) is 7.63. The molecule has 7 heteroatoms. The molecule has 3 aromatic heterocycles. The van der Waals surface area contributed by atoms with E-state index in [0.29, 0.717) is 11.6 Å². The summed E-state index contributed by atoms with van der Waals surface area (Å²) in [6, 6.07) is 11.6. The van der Waals surface area contributed by atoms with Crippen LogP contribution in [-0.2, 0) is 0 Å². The third kappa shape index (κ3) is 2.74. The second-order valence-corrected chi connectivity index (χ2v) is 5.22. The van der Waals surface area contributed by atoms with E-state index in [1.807, 2.05) is 55.5 Å². The molecule has 7 nitrogen and oxygen atoms in total. The lowest BCUT2D eigenvalue weighted by molar-refractivity contribution is 0.557. The number of hydrogen-bond donors (Lipinski definition) is 2. The van der Waals surface area contributed by atoms with Crippen LogP contribution in [0.3, 0.4) is 0 Å². The molecule has 0 amide bonds. The van der Waals surface area contributed by atoms with E-state index in [1.54, 1.807) is 6.26 Å². The Morgan fingerprint density at radius 2 is 2.12 bits per heavy atom. The monoisotopic (exact) mass is 318 g/mol. The summed E-state index contributed by atoms with van der Waals surface area (Å²) in [5.41, 5.74) is 5.97. The molecule has 0 aliphatic rings. The molecule has 1 aromatic carbocycles. The number of H-pyrrole nitrogens is 1. The van der Waals surface area contributed by atoms with Gasteiger partial charge in [0.25, 0.3) is 5.95 Å². The van der Waals surface area contributed by atoms with Gasteiger partial charge in [-0.1, -0.05) is 18.2 Å². The van der Waals surface area contributed by atoms with Crippen LogP contribution < -0.4 is 5.43 Å². The lowest BCUT2D eigenvalue weighted by atomic mass is 10.2. The van der Waals surface area contributed by atoms with Gasteiger partial charge in [-0.05, 0) is 37.3 Å². The lowest BCUT2D eigenvalue weighted by Crippen LogP contribution is -2.00. The van der Waals surface area contributed by atoms with Crippen LogP contribution in [0.25, 0.3) is 28.1 Å². The molecule has 4 rings (SSSR count). The average Bonchev–Trinajstić information content (AvgIpc) is 3.25. The summed E-state index contributed by atoms with van der Waals surface area (Å²) in [5.74, 6) is 1.10. The normalized spacial score (nSPS) is 12.5. The zero-order chi connectivity index (χ0) is 16.4. The summed E-state index contributed by atoms with van der Waals surface area (Å²) >= 11 is 0. The first-order valence-corrected chi connectivity index (χ1v) is 7.42. The minimum absolute atomic E-state index is 0.333. The van der Waals surface area contributed by atoms with Crippen molar-refractivity contribution in [2.24, 2.45) is 5.10 Å². The molecule has 0 spiro atoms. The van der Waals surface area contributed by atoms with Crippen molar-refractivity contribution in [2.45, 2.75) is 6.92 Å². The Morgan fingerprint density at radius 1 is 1.21 bits per heavy atom. The quantitative estimate of drug-likeness (QED) is 0.443. The molecule has 118 valence electrons. The number of hydrazone groups is 1. The smallest absolute Gasteiger partial charge is 0.265 e. The van der Waals surface area contributed by atoms with E-state index in [0.717, 1.165) is 27.9 Å². The minimum Gasteiger partial charge on any atom is -0.465 e. The summed E-state index contributed by atoms with van der Waals surface area (Å²) in [5, 5.41) is 13.5. The first-order chi connectivity index (χ1) is 11.8. The van der Waals surface area contributed by atoms with Crippen molar-refractivity contribution in [3.63, 3.8) is 0 Å². The number of nitrogens with zero attached hydrogens (tertiary/aromatic N) is 4. The number of benzene rings is 1. The maximum atomic E-state index is 5.22. The van der Waals surface area contributed by atoms with E-state index in [4.69, 9.17) is 4.42 Å². The molecule has 2 N–H and O–H groups in total. The van der Waals surface area contributed by atoms with Crippen LogP contribution in [0.1, 0.15) is 12.7 Å². The van der Waals surface area contributed by atoms with E-state index in [1.165, 1.54) is 0 Å². The van der Waals surface area contributed by atoms with Crippen molar-refractivity contribution in [1.29, 1.82) is 0 Å². The number of anilines is 1. The third-order valence-electron chi connectivity index (χ3n) is 3.49. The average molecular weight is 318 g/mol. The van der Waals surface area contributed by atoms with Crippen molar-refractivity contribution >= 4 is 39.8 Å². The predicted molar refractivity (Wildman–Crippen MR) is 93.7 cm³/mol. The first kappa shape index (κ1) is 14.1. The number of hydrogen-bond acceptors (Lipinski definition) is 6. The fourth-order valence-electron chi connectivity index (χ4n) is 2.33. The van der Waals surface area contributed by atoms with Gasteiger partial charge in [-0.25, -0.2) is 5.43 Å². The van der Waals surface area contributed by atoms with E-state index >= 15 is 0 Å². The van der Waals surface area contributed by atoms with E-state index in [2.05, 4.69) is 30.7 Å². The van der Waals surface area contributed by atoms with E-state index in [9.17, 15) is 0 Å². The molecule has 0 saturated heterocycles. The molecule has 3 heterocycles. The number of furan rings is 1. The Labute approximate surface area is 137 Å². The minimum atomic E-state index is 0.333. The molecule has 0 saturated carbocycles. The van der Waals surface area contributed by atoms with Gasteiger partial charge in [0, 0.05) is 10.9 Å². The predicted octanol–water partition coefficient (Wildman–Crippen LogP) is 3.60. The molecule has 0 aliphatic heterocycles. The number of aromatic amines is 1. The fourth-order valence-corrected chi connectivity index (χ4v) is 2.33. The van der Waals surface area contributed by atoms with Crippen LogP contribution in [0.5, 0.6) is 0 Å². The van der Waals surface area contributed by atoms with Gasteiger partial charge in [-0.15, -0.1) is 10.2 Å². The van der Waals surface area contributed by atoms with Crippen molar-refractivity contribution in [2.75, 3.05) is 5.43 Å². The molecule has 24 heavy (non-hydrogen) atoms. The maximum Gasteiger partial charge on any atom is 0.265 e. The molecule has 0 atom stereocenters. The molecule has 0 bridgehead atoms. The molecule has 0 unspecified atom stereocenters. The zero-order valence-electron chi connectivity index (χ0n) is 12.9.